The lowest BCUT2D eigenvalue weighted by Gasteiger charge is -1.75. The van der Waals surface area contributed by atoms with Gasteiger partial charge in [0.05, 0.1) is 12.6 Å². The molecule has 0 N–H and O–H groups in total. The molecule has 0 saturated heterocycles. The van der Waals surface area contributed by atoms with Crippen LogP contribution in [0.5, 0.6) is 0 Å². The van der Waals surface area contributed by atoms with Crippen LogP contribution in [0, 0.1) is 24.5 Å². The summed E-state index contributed by atoms with van der Waals surface area (Å²) in [4.78, 5) is 10.0. The second kappa shape index (κ2) is 3.48. The number of aromatic nitrogens is 1. The van der Waals surface area contributed by atoms with Gasteiger partial charge >= 0.3 is 0 Å². The summed E-state index contributed by atoms with van der Waals surface area (Å²) in [6, 6.07) is 1.91. The molecule has 1 heterocycles. The maximum absolute atomic E-state index is 8.33. The first-order valence-corrected chi connectivity index (χ1v) is 3.75. The van der Waals surface area contributed by atoms with Gasteiger partial charge in [-0.15, -0.1) is 16.3 Å². The van der Waals surface area contributed by atoms with Gasteiger partial charge in [-0.3, -0.25) is 0 Å². The topological polar surface area (TPSA) is 45.4 Å². The summed E-state index contributed by atoms with van der Waals surface area (Å²) < 4.78 is 0. The molecule has 0 radical (unpaired) electrons. The van der Waals surface area contributed by atoms with Gasteiger partial charge in [-0.25, -0.2) is 4.85 Å². The van der Waals surface area contributed by atoms with Crippen LogP contribution in [0.3, 0.4) is 0 Å². The Bertz CT molecular complexity index is 381. The summed E-state index contributed by atoms with van der Waals surface area (Å²) in [7, 11) is 0. The molecule has 0 aromatic carbocycles. The van der Waals surface area contributed by atoms with Crippen molar-refractivity contribution in [1.82, 2.24) is 4.98 Å². The van der Waals surface area contributed by atoms with Crippen LogP contribution in [-0.2, 0) is 6.42 Å². The molecule has 0 spiro atoms. The third kappa shape index (κ3) is 1.40. The van der Waals surface area contributed by atoms with E-state index in [4.69, 9.17) is 18.4 Å². The van der Waals surface area contributed by atoms with Crippen LogP contribution in [0.15, 0.2) is 0 Å². The highest BCUT2D eigenvalue weighted by molar-refractivity contribution is 7.16. The Morgan fingerprint density at radius 2 is 2.25 bits per heavy atom. The van der Waals surface area contributed by atoms with Crippen molar-refractivity contribution < 1.29 is 0 Å². The Morgan fingerprint density at radius 3 is 2.67 bits per heavy atom. The molecular formula is C7H2N4S. The highest BCUT2D eigenvalue weighted by Gasteiger charge is 2.12. The number of hydrogen-bond donors (Lipinski definition) is 0. The number of nitriles is 1. The van der Waals surface area contributed by atoms with E-state index in [-0.39, 0.29) is 17.2 Å². The first-order chi connectivity index (χ1) is 5.81. The maximum atomic E-state index is 8.33. The minimum Gasteiger partial charge on any atom is -0.370 e. The lowest BCUT2D eigenvalue weighted by atomic mass is 10.5. The lowest BCUT2D eigenvalue weighted by Crippen LogP contribution is -1.75. The quantitative estimate of drug-likeness (QED) is 0.613. The standard InChI is InChI=1S/C7H2N4S/c1-9-6-7(10-2)12-5(11-6)3-4-8/h3H2. The summed E-state index contributed by atoms with van der Waals surface area (Å²) in [6.45, 7) is 13.4. The van der Waals surface area contributed by atoms with Crippen molar-refractivity contribution in [3.8, 4) is 6.07 Å². The highest BCUT2D eigenvalue weighted by atomic mass is 32.1. The van der Waals surface area contributed by atoms with E-state index in [1.54, 1.807) is 0 Å². The second-order valence-electron chi connectivity index (χ2n) is 1.79. The Kier molecular flexibility index (Phi) is 2.38. The fourth-order valence-corrected chi connectivity index (χ4v) is 1.36. The Morgan fingerprint density at radius 1 is 1.50 bits per heavy atom. The van der Waals surface area contributed by atoms with E-state index < -0.39 is 0 Å². The van der Waals surface area contributed by atoms with Gasteiger partial charge in [-0.1, -0.05) is 6.57 Å². The molecule has 0 bridgehead atoms. The first-order valence-electron chi connectivity index (χ1n) is 2.93. The summed E-state index contributed by atoms with van der Waals surface area (Å²) >= 11 is 1.11. The van der Waals surface area contributed by atoms with E-state index in [0.717, 1.165) is 11.3 Å². The Hall–Kier alpha value is -1.90. The predicted molar refractivity (Wildman–Crippen MR) is 44.0 cm³/mol. The van der Waals surface area contributed by atoms with Gasteiger partial charge in [0.15, 0.2) is 5.01 Å². The second-order valence-corrected chi connectivity index (χ2v) is 2.86. The number of thiazole rings is 1. The predicted octanol–water partition coefficient (Wildman–Crippen LogP) is 2.31. The largest absolute Gasteiger partial charge is 0.370 e. The lowest BCUT2D eigenvalue weighted by molar-refractivity contribution is 1.20. The van der Waals surface area contributed by atoms with E-state index in [1.165, 1.54) is 0 Å². The number of hydrogen-bond acceptors (Lipinski definition) is 3. The van der Waals surface area contributed by atoms with Gasteiger partial charge in [0.2, 0.25) is 0 Å². The molecule has 56 valence electrons. The average Bonchev–Trinajstić information content (AvgIpc) is 2.48. The number of nitrogens with zero attached hydrogens (tertiary/aromatic N) is 4. The fourth-order valence-electron chi connectivity index (χ4n) is 0.635. The van der Waals surface area contributed by atoms with E-state index in [2.05, 4.69) is 14.7 Å². The van der Waals surface area contributed by atoms with Crippen LogP contribution >= 0.6 is 11.3 Å². The van der Waals surface area contributed by atoms with Gasteiger partial charge in [0, 0.05) is 0 Å². The fraction of sp³-hybridized carbons (Fsp3) is 0.143. The molecule has 0 aliphatic heterocycles. The molecule has 1 aromatic rings. The van der Waals surface area contributed by atoms with Gasteiger partial charge in [0.1, 0.15) is 6.42 Å². The van der Waals surface area contributed by atoms with E-state index in [0.29, 0.717) is 5.01 Å². The molecular weight excluding hydrogens is 172 g/mol. The summed E-state index contributed by atoms with van der Waals surface area (Å²) in [5, 5.41) is 9.14. The average molecular weight is 174 g/mol. The molecule has 0 amide bonds. The molecule has 0 saturated carbocycles. The van der Waals surface area contributed by atoms with Gasteiger partial charge in [0.25, 0.3) is 10.8 Å². The zero-order valence-electron chi connectivity index (χ0n) is 5.90. The molecule has 1 rings (SSSR count). The van der Waals surface area contributed by atoms with Crippen LogP contribution in [-0.4, -0.2) is 4.98 Å². The summed E-state index contributed by atoms with van der Waals surface area (Å²) in [5.41, 5.74) is 0. The number of rotatable bonds is 1. The van der Waals surface area contributed by atoms with Gasteiger partial charge < -0.3 is 4.85 Å². The summed E-state index contributed by atoms with van der Waals surface area (Å²) in [5.74, 6) is 0.111. The molecule has 12 heavy (non-hydrogen) atoms. The van der Waals surface area contributed by atoms with Crippen molar-refractivity contribution in [3.63, 3.8) is 0 Å². The highest BCUT2D eigenvalue weighted by Crippen LogP contribution is 2.34. The van der Waals surface area contributed by atoms with Crippen molar-refractivity contribution in [1.29, 1.82) is 5.26 Å². The van der Waals surface area contributed by atoms with E-state index >= 15 is 0 Å². The zero-order valence-corrected chi connectivity index (χ0v) is 6.72. The first kappa shape index (κ1) is 8.20. The molecule has 0 aliphatic rings. The van der Waals surface area contributed by atoms with Gasteiger partial charge in [-0.2, -0.15) is 5.26 Å². The Labute approximate surface area is 73.3 Å². The molecule has 0 atom stereocenters. The van der Waals surface area contributed by atoms with Crippen molar-refractivity contribution in [3.05, 3.63) is 27.8 Å². The third-order valence-corrected chi connectivity index (χ3v) is 2.01. The molecule has 0 unspecified atom stereocenters. The van der Waals surface area contributed by atoms with Crippen molar-refractivity contribution >= 4 is 22.2 Å². The van der Waals surface area contributed by atoms with E-state index in [1.807, 2.05) is 6.07 Å². The van der Waals surface area contributed by atoms with Crippen LogP contribution < -0.4 is 0 Å². The van der Waals surface area contributed by atoms with Crippen LogP contribution in [0.4, 0.5) is 10.8 Å². The molecule has 0 fully saturated rings. The minimum absolute atomic E-state index is 0.111. The van der Waals surface area contributed by atoms with Crippen molar-refractivity contribution in [2.45, 2.75) is 6.42 Å². The summed E-state index contributed by atoms with van der Waals surface area (Å²) in [6.07, 6.45) is 0.169. The SMILES string of the molecule is [C-]#[N+]c1nc(CC#N)sc1[N+]#[C-]. The van der Waals surface area contributed by atoms with E-state index in [9.17, 15) is 0 Å². The smallest absolute Gasteiger partial charge is 0.286 e. The zero-order chi connectivity index (χ0) is 8.97. The maximum Gasteiger partial charge on any atom is 0.286 e. The monoisotopic (exact) mass is 174 g/mol. The molecule has 5 heteroatoms. The minimum atomic E-state index is 0.111. The van der Waals surface area contributed by atoms with Crippen molar-refractivity contribution in [2.24, 2.45) is 0 Å². The van der Waals surface area contributed by atoms with Crippen molar-refractivity contribution in [2.75, 3.05) is 0 Å². The normalized spacial score (nSPS) is 8.08. The Balaban J connectivity index is 3.12. The van der Waals surface area contributed by atoms with Crippen LogP contribution in [0.25, 0.3) is 9.69 Å². The van der Waals surface area contributed by atoms with Crippen LogP contribution in [0.1, 0.15) is 5.01 Å². The molecule has 4 nitrogen and oxygen atoms in total. The third-order valence-electron chi connectivity index (χ3n) is 1.07. The van der Waals surface area contributed by atoms with Crippen LogP contribution in [0.2, 0.25) is 0 Å². The molecule has 0 aliphatic carbocycles. The molecule has 1 aromatic heterocycles. The van der Waals surface area contributed by atoms with Gasteiger partial charge in [-0.05, 0) is 0 Å².